The second-order valence-electron chi connectivity index (χ2n) is 6.75. The Morgan fingerprint density at radius 3 is 2.19 bits per heavy atom. The van der Waals surface area contributed by atoms with Crippen LogP contribution in [0.25, 0.3) is 0 Å². The van der Waals surface area contributed by atoms with Gasteiger partial charge in [-0.25, -0.2) is 13.2 Å². The maximum atomic E-state index is 14.4. The Morgan fingerprint density at radius 1 is 1.14 bits per heavy atom. The smallest absolute Gasteiger partial charge is 0.131 e. The minimum Gasteiger partial charge on any atom is -0.365 e. The predicted molar refractivity (Wildman–Crippen MR) is 80.6 cm³/mol. The van der Waals surface area contributed by atoms with Crippen LogP contribution in [0.2, 0.25) is 0 Å². The molecule has 0 aromatic heterocycles. The minimum absolute atomic E-state index is 0.104. The Bertz CT molecular complexity index is 482. The molecule has 21 heavy (non-hydrogen) atoms. The second-order valence-corrected chi connectivity index (χ2v) is 6.75. The summed E-state index contributed by atoms with van der Waals surface area (Å²) in [5.74, 6) is -1.30. The van der Waals surface area contributed by atoms with Crippen molar-refractivity contribution in [3.63, 3.8) is 0 Å². The number of hydrogen-bond acceptors (Lipinski definition) is 1. The van der Waals surface area contributed by atoms with E-state index in [1.807, 2.05) is 4.90 Å². The maximum absolute atomic E-state index is 14.4. The van der Waals surface area contributed by atoms with Gasteiger partial charge in [-0.15, -0.1) is 0 Å². The van der Waals surface area contributed by atoms with Crippen molar-refractivity contribution in [2.24, 2.45) is 0 Å². The van der Waals surface area contributed by atoms with Crippen LogP contribution in [-0.4, -0.2) is 18.3 Å². The molecule has 0 saturated carbocycles. The van der Waals surface area contributed by atoms with E-state index >= 15 is 0 Å². The molecule has 2 rings (SSSR count). The molecular formula is C17H24F3N. The van der Waals surface area contributed by atoms with Gasteiger partial charge in [-0.05, 0) is 51.2 Å². The van der Waals surface area contributed by atoms with E-state index in [0.717, 1.165) is 12.8 Å². The van der Waals surface area contributed by atoms with Gasteiger partial charge in [-0.3, -0.25) is 0 Å². The highest BCUT2D eigenvalue weighted by Gasteiger charge is 2.36. The summed E-state index contributed by atoms with van der Waals surface area (Å²) in [6, 6.07) is 2.36. The summed E-state index contributed by atoms with van der Waals surface area (Å²) in [5, 5.41) is 0. The zero-order valence-corrected chi connectivity index (χ0v) is 13.2. The molecule has 1 unspecified atom stereocenters. The van der Waals surface area contributed by atoms with Crippen molar-refractivity contribution in [2.75, 3.05) is 11.4 Å². The molecule has 1 aliphatic rings. The van der Waals surface area contributed by atoms with Gasteiger partial charge in [-0.1, -0.05) is 13.8 Å². The first-order valence-corrected chi connectivity index (χ1v) is 7.66. The van der Waals surface area contributed by atoms with E-state index in [1.165, 1.54) is 26.0 Å². The molecule has 1 atom stereocenters. The maximum Gasteiger partial charge on any atom is 0.131 e. The standard InChI is InChI=1S/C17H24F3N/c1-11(2)16-13(18)9-12(10-14(16)19)21-8-6-5-7-15(21)17(3,4)20/h9-11,15H,5-8H2,1-4H3. The zero-order chi connectivity index (χ0) is 15.8. The van der Waals surface area contributed by atoms with Gasteiger partial charge in [0.05, 0.1) is 6.04 Å². The molecular weight excluding hydrogens is 275 g/mol. The second kappa shape index (κ2) is 5.90. The molecule has 1 fully saturated rings. The van der Waals surface area contributed by atoms with Crippen LogP contribution in [-0.2, 0) is 0 Å². The monoisotopic (exact) mass is 299 g/mol. The van der Waals surface area contributed by atoms with Crippen molar-refractivity contribution in [3.05, 3.63) is 29.3 Å². The lowest BCUT2D eigenvalue weighted by Crippen LogP contribution is -2.50. The third-order valence-electron chi connectivity index (χ3n) is 4.27. The quantitative estimate of drug-likeness (QED) is 0.742. The minimum atomic E-state index is -1.40. The molecule has 0 N–H and O–H groups in total. The lowest BCUT2D eigenvalue weighted by Gasteiger charge is -2.42. The van der Waals surface area contributed by atoms with Gasteiger partial charge in [-0.2, -0.15) is 0 Å². The van der Waals surface area contributed by atoms with Crippen molar-refractivity contribution >= 4 is 5.69 Å². The molecule has 0 bridgehead atoms. The van der Waals surface area contributed by atoms with E-state index in [1.54, 1.807) is 13.8 Å². The number of alkyl halides is 1. The summed E-state index contributed by atoms with van der Waals surface area (Å²) in [4.78, 5) is 1.82. The number of rotatable bonds is 3. The SMILES string of the molecule is CC(C)c1c(F)cc(N2CCCCC2C(C)(C)F)cc1F. The molecule has 118 valence electrons. The lowest BCUT2D eigenvalue weighted by molar-refractivity contribution is 0.149. The Labute approximate surface area is 125 Å². The largest absolute Gasteiger partial charge is 0.365 e. The molecule has 0 radical (unpaired) electrons. The molecule has 1 aliphatic heterocycles. The average Bonchev–Trinajstić information content (AvgIpc) is 2.36. The highest BCUT2D eigenvalue weighted by atomic mass is 19.1. The Balaban J connectivity index is 2.40. The van der Waals surface area contributed by atoms with Crippen LogP contribution in [0.15, 0.2) is 12.1 Å². The van der Waals surface area contributed by atoms with Gasteiger partial charge in [0.2, 0.25) is 0 Å². The first-order valence-electron chi connectivity index (χ1n) is 7.66. The van der Waals surface area contributed by atoms with Crippen LogP contribution in [0.3, 0.4) is 0 Å². The Morgan fingerprint density at radius 2 is 1.71 bits per heavy atom. The lowest BCUT2D eigenvalue weighted by atomic mass is 9.89. The first kappa shape index (κ1) is 16.2. The average molecular weight is 299 g/mol. The fourth-order valence-electron chi connectivity index (χ4n) is 3.24. The van der Waals surface area contributed by atoms with E-state index in [9.17, 15) is 13.2 Å². The van der Waals surface area contributed by atoms with Crippen LogP contribution < -0.4 is 4.90 Å². The number of nitrogens with zero attached hydrogens (tertiary/aromatic N) is 1. The summed E-state index contributed by atoms with van der Waals surface area (Å²) >= 11 is 0. The van der Waals surface area contributed by atoms with Crippen molar-refractivity contribution < 1.29 is 13.2 Å². The van der Waals surface area contributed by atoms with Crippen LogP contribution >= 0.6 is 0 Å². The van der Waals surface area contributed by atoms with Crippen molar-refractivity contribution in [2.45, 2.75) is 64.6 Å². The van der Waals surface area contributed by atoms with Gasteiger partial charge in [0.1, 0.15) is 17.3 Å². The van der Waals surface area contributed by atoms with Gasteiger partial charge >= 0.3 is 0 Å². The van der Waals surface area contributed by atoms with E-state index in [2.05, 4.69) is 0 Å². The van der Waals surface area contributed by atoms with Crippen LogP contribution in [0.1, 0.15) is 58.4 Å². The first-order chi connectivity index (χ1) is 9.71. The Kier molecular flexibility index (Phi) is 4.54. The van der Waals surface area contributed by atoms with E-state index < -0.39 is 17.3 Å². The summed E-state index contributed by atoms with van der Waals surface area (Å²) in [7, 11) is 0. The topological polar surface area (TPSA) is 3.24 Å². The molecule has 4 heteroatoms. The van der Waals surface area contributed by atoms with Gasteiger partial charge in [0, 0.05) is 17.8 Å². The van der Waals surface area contributed by atoms with E-state index in [0.29, 0.717) is 18.7 Å². The fourth-order valence-corrected chi connectivity index (χ4v) is 3.24. The van der Waals surface area contributed by atoms with Gasteiger partial charge in [0.15, 0.2) is 0 Å². The third kappa shape index (κ3) is 3.35. The van der Waals surface area contributed by atoms with Gasteiger partial charge < -0.3 is 4.90 Å². The molecule has 0 aliphatic carbocycles. The molecule has 1 saturated heterocycles. The highest BCUT2D eigenvalue weighted by Crippen LogP contribution is 2.35. The van der Waals surface area contributed by atoms with Crippen molar-refractivity contribution in [1.29, 1.82) is 0 Å². The molecule has 1 heterocycles. The van der Waals surface area contributed by atoms with Crippen molar-refractivity contribution in [1.82, 2.24) is 0 Å². The Hall–Kier alpha value is -1.19. The normalized spacial score (nSPS) is 20.2. The molecule has 0 amide bonds. The molecule has 0 spiro atoms. The molecule has 1 aromatic rings. The fraction of sp³-hybridized carbons (Fsp3) is 0.647. The summed E-state index contributed by atoms with van der Waals surface area (Å²) in [6.45, 7) is 7.22. The highest BCUT2D eigenvalue weighted by molar-refractivity contribution is 5.51. The predicted octanol–water partition coefficient (Wildman–Crippen LogP) is 5.20. The summed E-state index contributed by atoms with van der Waals surface area (Å²) < 4.78 is 42.7. The van der Waals surface area contributed by atoms with Gasteiger partial charge in [0.25, 0.3) is 0 Å². The van der Waals surface area contributed by atoms with Crippen LogP contribution in [0, 0.1) is 11.6 Å². The number of halogens is 3. The summed E-state index contributed by atoms with van der Waals surface area (Å²) in [5.41, 5.74) is -0.846. The van der Waals surface area contributed by atoms with Crippen LogP contribution in [0.4, 0.5) is 18.9 Å². The zero-order valence-electron chi connectivity index (χ0n) is 13.2. The number of benzene rings is 1. The summed E-state index contributed by atoms with van der Waals surface area (Å²) in [6.07, 6.45) is 2.57. The van der Waals surface area contributed by atoms with E-state index in [-0.39, 0.29) is 17.5 Å². The van der Waals surface area contributed by atoms with E-state index in [4.69, 9.17) is 0 Å². The molecule has 1 aromatic carbocycles. The number of hydrogen-bond donors (Lipinski definition) is 0. The van der Waals surface area contributed by atoms with Crippen LogP contribution in [0.5, 0.6) is 0 Å². The van der Waals surface area contributed by atoms with Crippen molar-refractivity contribution in [3.8, 4) is 0 Å². The molecule has 1 nitrogen and oxygen atoms in total. The third-order valence-corrected chi connectivity index (χ3v) is 4.27. The number of piperidine rings is 1. The number of anilines is 1.